The third kappa shape index (κ3) is 6.59. The molecule has 3 aliphatic heterocycles. The summed E-state index contributed by atoms with van der Waals surface area (Å²) in [6, 6.07) is 92.0. The van der Waals surface area contributed by atoms with E-state index in [0.29, 0.717) is 0 Å². The fourth-order valence-corrected chi connectivity index (χ4v) is 12.9. The van der Waals surface area contributed by atoms with Crippen LogP contribution >= 0.6 is 0 Å². The molecule has 1 aromatic heterocycles. The van der Waals surface area contributed by atoms with Crippen molar-refractivity contribution in [1.29, 1.82) is 0 Å². The van der Waals surface area contributed by atoms with E-state index in [1.165, 1.54) is 67.3 Å². The Bertz CT molecular complexity index is 3680. The van der Waals surface area contributed by atoms with Crippen molar-refractivity contribution in [3.05, 3.63) is 323 Å². The van der Waals surface area contributed by atoms with Crippen LogP contribution in [0.5, 0.6) is 0 Å². The Labute approximate surface area is 433 Å². The normalized spacial score (nSPS) is 15.8. The summed E-state index contributed by atoms with van der Waals surface area (Å²) in [6.07, 6.45) is 10.7. The molecule has 0 radical (unpaired) electrons. The van der Waals surface area contributed by atoms with Gasteiger partial charge in [0.15, 0.2) is 5.82 Å². The molecule has 74 heavy (non-hydrogen) atoms. The number of fused-ring (bicyclic) bond motifs is 5. The summed E-state index contributed by atoms with van der Waals surface area (Å²) in [7, 11) is 0. The lowest BCUT2D eigenvalue weighted by atomic mass is 9.62. The van der Waals surface area contributed by atoms with Gasteiger partial charge < -0.3 is 19.6 Å². The molecule has 0 spiro atoms. The van der Waals surface area contributed by atoms with Crippen molar-refractivity contribution >= 4 is 51.3 Å². The van der Waals surface area contributed by atoms with Crippen LogP contribution in [0.25, 0.3) is 0 Å². The second-order valence-electron chi connectivity index (χ2n) is 19.7. The number of benzene rings is 9. The number of rotatable bonds is 8. The van der Waals surface area contributed by atoms with Crippen LogP contribution in [0.1, 0.15) is 57.3 Å². The number of para-hydroxylation sites is 3. The zero-order valence-corrected chi connectivity index (χ0v) is 41.0. The predicted octanol–water partition coefficient (Wildman–Crippen LogP) is 16.6. The lowest BCUT2D eigenvalue weighted by molar-refractivity contribution is 0.721. The Morgan fingerprint density at radius 2 is 0.784 bits per heavy atom. The molecule has 0 saturated carbocycles. The number of hydrogen-bond acceptors (Lipinski definition) is 5. The molecule has 4 heterocycles. The highest BCUT2D eigenvalue weighted by molar-refractivity contribution is 5.93. The van der Waals surface area contributed by atoms with Gasteiger partial charge in [-0.2, -0.15) is 0 Å². The van der Waals surface area contributed by atoms with Crippen LogP contribution in [-0.4, -0.2) is 18.1 Å². The molecular weight excluding hydrogens is 899 g/mol. The number of aromatic nitrogens is 1. The average molecular weight is 952 g/mol. The first-order valence-corrected chi connectivity index (χ1v) is 26.0. The number of nitrogens with zero attached hydrogens (tertiary/aromatic N) is 5. The second kappa shape index (κ2) is 17.8. The molecule has 1 aliphatic carbocycles. The molecule has 0 amide bonds. The van der Waals surface area contributed by atoms with Crippen LogP contribution in [0.2, 0.25) is 0 Å². The molecule has 0 N–H and O–H groups in total. The van der Waals surface area contributed by atoms with Crippen LogP contribution in [0.4, 0.5) is 51.3 Å². The number of anilines is 9. The SMILES string of the molecule is C1=CCCC(N2c3ccccc3C(c3ccccc3)(c3ccccc3)c3cc(N4CCN(c5ccc6c(c5)C(c5ccccc5)(c5ccccc5)c5ccccc5N6c5ccccc5)c5ncccc54)ccc32)=C1. The number of allylic oxidation sites excluding steroid dienone is 4. The fourth-order valence-electron chi connectivity index (χ4n) is 12.9. The van der Waals surface area contributed by atoms with Crippen molar-refractivity contribution in [3.63, 3.8) is 0 Å². The van der Waals surface area contributed by atoms with Gasteiger partial charge in [-0.1, -0.05) is 188 Å². The average Bonchev–Trinajstić information content (AvgIpc) is 3.50. The van der Waals surface area contributed by atoms with Crippen LogP contribution in [0.3, 0.4) is 0 Å². The molecule has 14 rings (SSSR count). The lowest BCUT2D eigenvalue weighted by Crippen LogP contribution is -2.40. The number of pyridine rings is 1. The minimum atomic E-state index is -0.631. The predicted molar refractivity (Wildman–Crippen MR) is 305 cm³/mol. The van der Waals surface area contributed by atoms with Gasteiger partial charge in [-0.05, 0) is 136 Å². The van der Waals surface area contributed by atoms with Crippen molar-refractivity contribution in [3.8, 4) is 0 Å². The largest absolute Gasteiger partial charge is 0.337 e. The minimum Gasteiger partial charge on any atom is -0.337 e. The molecule has 5 heteroatoms. The number of hydrogen-bond donors (Lipinski definition) is 0. The monoisotopic (exact) mass is 951 g/mol. The molecule has 0 bridgehead atoms. The van der Waals surface area contributed by atoms with Crippen LogP contribution < -0.4 is 19.6 Å². The van der Waals surface area contributed by atoms with Gasteiger partial charge >= 0.3 is 0 Å². The van der Waals surface area contributed by atoms with E-state index in [1.807, 2.05) is 6.20 Å². The highest BCUT2D eigenvalue weighted by Gasteiger charge is 2.49. The van der Waals surface area contributed by atoms with Crippen LogP contribution in [-0.2, 0) is 10.8 Å². The smallest absolute Gasteiger partial charge is 0.157 e. The first-order chi connectivity index (χ1) is 36.7. The second-order valence-corrected chi connectivity index (χ2v) is 19.7. The maximum atomic E-state index is 5.28. The molecular formula is C69H53N5. The molecule has 10 aromatic rings. The third-order valence-electron chi connectivity index (χ3n) is 16.0. The summed E-state index contributed by atoms with van der Waals surface area (Å²) >= 11 is 0. The standard InChI is InChI=1S/C69H53N5/c1-7-24-50(25-8-1)68(51-26-9-2-10-27-51)58-36-19-21-38-62(58)73(54-32-15-5-16-33-54)64-43-41-56(48-60(64)68)71-46-47-72(67-66(71)40-23-45-70-67)57-42-44-65-61(49-57)69(52-28-11-3-12-29-52,53-30-13-4-14-31-53)59-37-20-22-39-63(59)74(65)55-34-17-6-18-35-55/h1-15,17-32,34-45,48-49H,16,33,46-47H2. The zero-order chi connectivity index (χ0) is 49.1. The summed E-state index contributed by atoms with van der Waals surface area (Å²) in [6.45, 7) is 1.47. The van der Waals surface area contributed by atoms with E-state index in [1.54, 1.807) is 0 Å². The molecule has 0 unspecified atom stereocenters. The van der Waals surface area contributed by atoms with E-state index in [4.69, 9.17) is 4.98 Å². The topological polar surface area (TPSA) is 25.9 Å². The lowest BCUT2D eigenvalue weighted by Gasteiger charge is -2.48. The third-order valence-corrected chi connectivity index (χ3v) is 16.0. The summed E-state index contributed by atoms with van der Waals surface area (Å²) in [5.41, 5.74) is 19.1. The van der Waals surface area contributed by atoms with Gasteiger partial charge in [0.1, 0.15) is 0 Å². The van der Waals surface area contributed by atoms with Crippen molar-refractivity contribution in [2.45, 2.75) is 23.7 Å². The molecule has 354 valence electrons. The van der Waals surface area contributed by atoms with Gasteiger partial charge in [-0.15, -0.1) is 0 Å². The van der Waals surface area contributed by atoms with Gasteiger partial charge in [0.2, 0.25) is 0 Å². The van der Waals surface area contributed by atoms with Crippen molar-refractivity contribution in [2.24, 2.45) is 0 Å². The summed E-state index contributed by atoms with van der Waals surface area (Å²) in [4.78, 5) is 15.2. The Morgan fingerprint density at radius 3 is 1.31 bits per heavy atom. The Hall–Kier alpha value is -9.19. The van der Waals surface area contributed by atoms with Crippen LogP contribution in [0, 0.1) is 0 Å². The van der Waals surface area contributed by atoms with Gasteiger partial charge in [0.25, 0.3) is 0 Å². The van der Waals surface area contributed by atoms with E-state index in [0.717, 1.165) is 60.2 Å². The summed E-state index contributed by atoms with van der Waals surface area (Å²) in [5, 5.41) is 0. The first kappa shape index (κ1) is 43.6. The van der Waals surface area contributed by atoms with Gasteiger partial charge in [0.05, 0.1) is 39.3 Å². The molecule has 4 aliphatic rings. The quantitative estimate of drug-likeness (QED) is 0.151. The maximum absolute atomic E-state index is 5.28. The molecule has 0 atom stereocenters. The van der Waals surface area contributed by atoms with Crippen LogP contribution in [0.15, 0.2) is 279 Å². The van der Waals surface area contributed by atoms with E-state index < -0.39 is 10.8 Å². The molecule has 9 aromatic carbocycles. The minimum absolute atomic E-state index is 0.606. The van der Waals surface area contributed by atoms with Gasteiger partial charge in [0, 0.05) is 42.0 Å². The van der Waals surface area contributed by atoms with E-state index >= 15 is 0 Å². The maximum Gasteiger partial charge on any atom is 0.157 e. The van der Waals surface area contributed by atoms with E-state index in [2.05, 4.69) is 287 Å². The van der Waals surface area contributed by atoms with Gasteiger partial charge in [-0.25, -0.2) is 4.98 Å². The Morgan fingerprint density at radius 1 is 0.351 bits per heavy atom. The summed E-state index contributed by atoms with van der Waals surface area (Å²) in [5.74, 6) is 0.932. The summed E-state index contributed by atoms with van der Waals surface area (Å²) < 4.78 is 0. The van der Waals surface area contributed by atoms with Gasteiger partial charge in [-0.3, -0.25) is 0 Å². The van der Waals surface area contributed by atoms with Crippen molar-refractivity contribution in [1.82, 2.24) is 4.98 Å². The zero-order valence-electron chi connectivity index (χ0n) is 41.0. The molecule has 0 saturated heterocycles. The molecule has 0 fully saturated rings. The molecule has 5 nitrogen and oxygen atoms in total. The van der Waals surface area contributed by atoms with E-state index in [-0.39, 0.29) is 0 Å². The highest BCUT2D eigenvalue weighted by Crippen LogP contribution is 2.60. The highest BCUT2D eigenvalue weighted by atomic mass is 15.3. The van der Waals surface area contributed by atoms with Crippen molar-refractivity contribution in [2.75, 3.05) is 32.7 Å². The Kier molecular flexibility index (Phi) is 10.5. The first-order valence-electron chi connectivity index (χ1n) is 26.0. The fraction of sp³-hybridized carbons (Fsp3) is 0.0870. The van der Waals surface area contributed by atoms with E-state index in [9.17, 15) is 0 Å². The van der Waals surface area contributed by atoms with Crippen molar-refractivity contribution < 1.29 is 0 Å². The Balaban J connectivity index is 0.953.